The van der Waals surface area contributed by atoms with Crippen molar-refractivity contribution in [3.8, 4) is 17.0 Å². The fraction of sp³-hybridized carbons (Fsp3) is 0.444. The SMILES string of the molecule is COc1ccccc1-c1nn(C)cc1C(=O)N(C)C1CCCC1. The Morgan fingerprint density at radius 2 is 2.00 bits per heavy atom. The van der Waals surface area contributed by atoms with Gasteiger partial charge in [-0.15, -0.1) is 0 Å². The van der Waals surface area contributed by atoms with Crippen LogP contribution in [-0.2, 0) is 7.05 Å². The van der Waals surface area contributed by atoms with Crippen molar-refractivity contribution in [2.75, 3.05) is 14.2 Å². The number of hydrogen-bond donors (Lipinski definition) is 0. The first-order valence-corrected chi connectivity index (χ1v) is 8.06. The lowest BCUT2D eigenvalue weighted by Crippen LogP contribution is -2.35. The van der Waals surface area contributed by atoms with Crippen LogP contribution in [0.1, 0.15) is 36.0 Å². The number of nitrogens with zero attached hydrogens (tertiary/aromatic N) is 3. The molecule has 23 heavy (non-hydrogen) atoms. The molecular formula is C18H23N3O2. The number of para-hydroxylation sites is 1. The van der Waals surface area contributed by atoms with Crippen molar-refractivity contribution in [2.24, 2.45) is 7.05 Å². The Hall–Kier alpha value is -2.30. The monoisotopic (exact) mass is 313 g/mol. The second-order valence-electron chi connectivity index (χ2n) is 6.12. The molecule has 1 fully saturated rings. The van der Waals surface area contributed by atoms with Gasteiger partial charge in [0.1, 0.15) is 11.4 Å². The van der Waals surface area contributed by atoms with E-state index in [9.17, 15) is 4.79 Å². The molecule has 1 saturated carbocycles. The molecule has 0 saturated heterocycles. The zero-order chi connectivity index (χ0) is 16.4. The zero-order valence-corrected chi connectivity index (χ0v) is 14.0. The van der Waals surface area contributed by atoms with Crippen LogP contribution in [0.4, 0.5) is 0 Å². The van der Waals surface area contributed by atoms with Crippen molar-refractivity contribution in [2.45, 2.75) is 31.7 Å². The van der Waals surface area contributed by atoms with Gasteiger partial charge in [-0.2, -0.15) is 5.10 Å². The number of carbonyl (C=O) groups excluding carboxylic acids is 1. The second-order valence-corrected chi connectivity index (χ2v) is 6.12. The van der Waals surface area contributed by atoms with Gasteiger partial charge in [-0.1, -0.05) is 25.0 Å². The summed E-state index contributed by atoms with van der Waals surface area (Å²) in [5.41, 5.74) is 2.16. The van der Waals surface area contributed by atoms with E-state index in [-0.39, 0.29) is 5.91 Å². The maximum atomic E-state index is 13.0. The molecule has 0 radical (unpaired) electrons. The van der Waals surface area contributed by atoms with Gasteiger partial charge < -0.3 is 9.64 Å². The number of aromatic nitrogens is 2. The van der Waals surface area contributed by atoms with Gasteiger partial charge in [0.25, 0.3) is 5.91 Å². The Bertz CT molecular complexity index is 702. The molecule has 0 unspecified atom stereocenters. The van der Waals surface area contributed by atoms with Crippen molar-refractivity contribution < 1.29 is 9.53 Å². The predicted molar refractivity (Wildman–Crippen MR) is 89.5 cm³/mol. The van der Waals surface area contributed by atoms with Crippen molar-refractivity contribution in [1.82, 2.24) is 14.7 Å². The summed E-state index contributed by atoms with van der Waals surface area (Å²) in [6, 6.07) is 8.01. The number of amides is 1. The Morgan fingerprint density at radius 3 is 2.70 bits per heavy atom. The van der Waals surface area contributed by atoms with E-state index in [1.807, 2.05) is 43.3 Å². The number of hydrogen-bond acceptors (Lipinski definition) is 3. The van der Waals surface area contributed by atoms with E-state index in [1.165, 1.54) is 12.8 Å². The smallest absolute Gasteiger partial charge is 0.257 e. The first kappa shape index (κ1) is 15.6. The highest BCUT2D eigenvalue weighted by Gasteiger charge is 2.28. The zero-order valence-electron chi connectivity index (χ0n) is 14.0. The van der Waals surface area contributed by atoms with Gasteiger partial charge in [0.05, 0.1) is 12.7 Å². The van der Waals surface area contributed by atoms with Gasteiger partial charge in [-0.3, -0.25) is 9.48 Å². The molecule has 0 bridgehead atoms. The van der Waals surface area contributed by atoms with Crippen LogP contribution in [0, 0.1) is 0 Å². The van der Waals surface area contributed by atoms with Gasteiger partial charge in [0, 0.05) is 31.9 Å². The fourth-order valence-corrected chi connectivity index (χ4v) is 3.33. The summed E-state index contributed by atoms with van der Waals surface area (Å²) in [6.45, 7) is 0. The quantitative estimate of drug-likeness (QED) is 0.871. The lowest BCUT2D eigenvalue weighted by Gasteiger charge is -2.24. The Morgan fingerprint density at radius 1 is 1.30 bits per heavy atom. The van der Waals surface area contributed by atoms with Crippen LogP contribution in [0.2, 0.25) is 0 Å². The second kappa shape index (κ2) is 6.44. The number of rotatable bonds is 4. The third kappa shape index (κ3) is 2.96. The minimum Gasteiger partial charge on any atom is -0.496 e. The van der Waals surface area contributed by atoms with E-state index in [2.05, 4.69) is 5.10 Å². The number of methoxy groups -OCH3 is 1. The summed E-state index contributed by atoms with van der Waals surface area (Å²) >= 11 is 0. The van der Waals surface area contributed by atoms with Gasteiger partial charge in [0.2, 0.25) is 0 Å². The Kier molecular flexibility index (Phi) is 4.37. The summed E-state index contributed by atoms with van der Waals surface area (Å²) in [4.78, 5) is 14.8. The van der Waals surface area contributed by atoms with Crippen LogP contribution in [0.5, 0.6) is 5.75 Å². The molecule has 2 aromatic rings. The van der Waals surface area contributed by atoms with Crippen molar-refractivity contribution in [3.05, 3.63) is 36.0 Å². The number of benzene rings is 1. The molecule has 0 aliphatic heterocycles. The molecule has 1 heterocycles. The molecular weight excluding hydrogens is 290 g/mol. The molecule has 1 aliphatic carbocycles. The molecule has 0 spiro atoms. The van der Waals surface area contributed by atoms with Gasteiger partial charge >= 0.3 is 0 Å². The molecule has 1 aromatic heterocycles. The molecule has 3 rings (SSSR count). The molecule has 122 valence electrons. The molecule has 1 amide bonds. The maximum absolute atomic E-state index is 13.0. The maximum Gasteiger partial charge on any atom is 0.257 e. The van der Waals surface area contributed by atoms with E-state index in [4.69, 9.17) is 4.74 Å². The highest BCUT2D eigenvalue weighted by Crippen LogP contribution is 2.32. The van der Waals surface area contributed by atoms with Crippen molar-refractivity contribution >= 4 is 5.91 Å². The van der Waals surface area contributed by atoms with Crippen LogP contribution < -0.4 is 4.74 Å². The Labute approximate surface area is 136 Å². The first-order chi connectivity index (χ1) is 11.1. The summed E-state index contributed by atoms with van der Waals surface area (Å²) in [5.74, 6) is 0.759. The number of aryl methyl sites for hydroxylation is 1. The van der Waals surface area contributed by atoms with Crippen LogP contribution in [0.25, 0.3) is 11.3 Å². The highest BCUT2D eigenvalue weighted by molar-refractivity contribution is 6.00. The molecule has 0 atom stereocenters. The summed E-state index contributed by atoms with van der Waals surface area (Å²) in [7, 11) is 5.37. The topological polar surface area (TPSA) is 47.4 Å². The van der Waals surface area contributed by atoms with Gasteiger partial charge in [0.15, 0.2) is 0 Å². The summed E-state index contributed by atoms with van der Waals surface area (Å²) < 4.78 is 7.12. The molecule has 5 nitrogen and oxygen atoms in total. The van der Waals surface area contributed by atoms with Gasteiger partial charge in [-0.25, -0.2) is 0 Å². The van der Waals surface area contributed by atoms with E-state index < -0.39 is 0 Å². The minimum absolute atomic E-state index is 0.0332. The minimum atomic E-state index is 0.0332. The average Bonchev–Trinajstić information content (AvgIpc) is 3.23. The number of carbonyl (C=O) groups is 1. The third-order valence-electron chi connectivity index (χ3n) is 4.61. The van der Waals surface area contributed by atoms with Gasteiger partial charge in [-0.05, 0) is 25.0 Å². The van der Waals surface area contributed by atoms with E-state index in [0.29, 0.717) is 17.3 Å². The largest absolute Gasteiger partial charge is 0.496 e. The van der Waals surface area contributed by atoms with Crippen molar-refractivity contribution in [1.29, 1.82) is 0 Å². The summed E-state index contributed by atoms with van der Waals surface area (Å²) in [6.07, 6.45) is 6.39. The Balaban J connectivity index is 1.99. The van der Waals surface area contributed by atoms with Crippen LogP contribution in [0.15, 0.2) is 30.5 Å². The normalized spacial score (nSPS) is 14.9. The van der Waals surface area contributed by atoms with E-state index in [0.717, 1.165) is 24.2 Å². The molecule has 5 heteroatoms. The average molecular weight is 313 g/mol. The van der Waals surface area contributed by atoms with Crippen LogP contribution in [0.3, 0.4) is 0 Å². The standard InChI is InChI=1S/C18H23N3O2/c1-20-12-15(18(22)21(2)13-8-4-5-9-13)17(19-20)14-10-6-7-11-16(14)23-3/h6-7,10-13H,4-5,8-9H2,1-3H3. The lowest BCUT2D eigenvalue weighted by molar-refractivity contribution is 0.0736. The molecule has 1 aliphatic rings. The molecule has 1 aromatic carbocycles. The first-order valence-electron chi connectivity index (χ1n) is 8.06. The van der Waals surface area contributed by atoms with E-state index in [1.54, 1.807) is 18.0 Å². The van der Waals surface area contributed by atoms with E-state index >= 15 is 0 Å². The van der Waals surface area contributed by atoms with Crippen LogP contribution >= 0.6 is 0 Å². The predicted octanol–water partition coefficient (Wildman–Crippen LogP) is 3.11. The molecule has 0 N–H and O–H groups in total. The fourth-order valence-electron chi connectivity index (χ4n) is 3.33. The van der Waals surface area contributed by atoms with Crippen LogP contribution in [-0.4, -0.2) is 40.8 Å². The van der Waals surface area contributed by atoms with Crippen molar-refractivity contribution in [3.63, 3.8) is 0 Å². The highest BCUT2D eigenvalue weighted by atomic mass is 16.5. The third-order valence-corrected chi connectivity index (χ3v) is 4.61. The lowest BCUT2D eigenvalue weighted by atomic mass is 10.1. The number of ether oxygens (including phenoxy) is 1. The summed E-state index contributed by atoms with van der Waals surface area (Å²) in [5, 5.41) is 4.51.